The number of hydrogen-bond donors (Lipinski definition) is 1. The van der Waals surface area contributed by atoms with E-state index in [2.05, 4.69) is 26.1 Å². The number of hydrogen-bond acceptors (Lipinski definition) is 4. The second kappa shape index (κ2) is 4.58. The van der Waals surface area contributed by atoms with Gasteiger partial charge in [0, 0.05) is 10.9 Å². The fourth-order valence-electron chi connectivity index (χ4n) is 3.33. The van der Waals surface area contributed by atoms with E-state index in [1.54, 1.807) is 7.11 Å². The molecule has 0 fully saturated rings. The lowest BCUT2D eigenvalue weighted by Crippen LogP contribution is -2.35. The van der Waals surface area contributed by atoms with Crippen LogP contribution in [0.15, 0.2) is 9.59 Å². The minimum atomic E-state index is -0.410. The first-order valence-corrected chi connectivity index (χ1v) is 7.48. The van der Waals surface area contributed by atoms with Crippen LogP contribution >= 0.6 is 0 Å². The van der Waals surface area contributed by atoms with Crippen molar-refractivity contribution in [1.29, 1.82) is 0 Å². The Labute approximate surface area is 123 Å². The van der Waals surface area contributed by atoms with Crippen LogP contribution in [-0.4, -0.2) is 12.6 Å². The largest absolute Gasteiger partial charge is 0.494 e. The fraction of sp³-hybridized carbons (Fsp3) is 0.529. The van der Waals surface area contributed by atoms with Crippen LogP contribution in [0.5, 0.6) is 5.75 Å². The molecule has 21 heavy (non-hydrogen) atoms. The highest BCUT2D eigenvalue weighted by Gasteiger charge is 2.30. The second-order valence-corrected chi connectivity index (χ2v) is 6.86. The van der Waals surface area contributed by atoms with E-state index in [1.165, 1.54) is 0 Å². The lowest BCUT2D eigenvalue weighted by atomic mass is 9.83. The minimum absolute atomic E-state index is 0.135. The van der Waals surface area contributed by atoms with Gasteiger partial charge in [-0.2, -0.15) is 0 Å². The lowest BCUT2D eigenvalue weighted by molar-refractivity contribution is 0.418. The Bertz CT molecular complexity index is 789. The standard InChI is InChI=1S/C17H21NO3/c1-17(2,3)18-13-10-8-6-5-7-9(10)11-12(16(13)21-4)15(20)14(11)19/h18H,5-8H2,1-4H3. The zero-order valence-electron chi connectivity index (χ0n) is 13.1. The van der Waals surface area contributed by atoms with E-state index in [4.69, 9.17) is 4.74 Å². The molecule has 4 heteroatoms. The summed E-state index contributed by atoms with van der Waals surface area (Å²) in [5.74, 6) is 0.546. The molecule has 1 aliphatic carbocycles. The topological polar surface area (TPSA) is 55.4 Å². The predicted molar refractivity (Wildman–Crippen MR) is 85.4 cm³/mol. The molecule has 0 bridgehead atoms. The highest BCUT2D eigenvalue weighted by molar-refractivity contribution is 6.01. The van der Waals surface area contributed by atoms with Gasteiger partial charge in [0.05, 0.1) is 18.2 Å². The van der Waals surface area contributed by atoms with Crippen LogP contribution in [0.25, 0.3) is 10.8 Å². The van der Waals surface area contributed by atoms with E-state index >= 15 is 0 Å². The van der Waals surface area contributed by atoms with Gasteiger partial charge in [-0.25, -0.2) is 0 Å². The molecule has 0 amide bonds. The molecule has 0 saturated heterocycles. The van der Waals surface area contributed by atoms with Gasteiger partial charge >= 0.3 is 0 Å². The maximum Gasteiger partial charge on any atom is 0.238 e. The maximum absolute atomic E-state index is 12.0. The van der Waals surface area contributed by atoms with Gasteiger partial charge in [-0.15, -0.1) is 0 Å². The smallest absolute Gasteiger partial charge is 0.238 e. The average Bonchev–Trinajstić information content (AvgIpc) is 2.44. The number of fused-ring (bicyclic) bond motifs is 3. The van der Waals surface area contributed by atoms with Gasteiger partial charge in [0.1, 0.15) is 0 Å². The molecule has 0 unspecified atom stereocenters. The van der Waals surface area contributed by atoms with Crippen molar-refractivity contribution in [1.82, 2.24) is 0 Å². The van der Waals surface area contributed by atoms with Crippen molar-refractivity contribution in [3.05, 3.63) is 31.6 Å². The van der Waals surface area contributed by atoms with Crippen LogP contribution < -0.4 is 20.9 Å². The Morgan fingerprint density at radius 1 is 0.952 bits per heavy atom. The van der Waals surface area contributed by atoms with Crippen molar-refractivity contribution in [2.75, 3.05) is 12.4 Å². The molecule has 0 atom stereocenters. The van der Waals surface area contributed by atoms with E-state index in [9.17, 15) is 9.59 Å². The number of ether oxygens (including phenoxy) is 1. The van der Waals surface area contributed by atoms with Crippen molar-refractivity contribution in [2.24, 2.45) is 0 Å². The van der Waals surface area contributed by atoms with E-state index < -0.39 is 5.43 Å². The monoisotopic (exact) mass is 287 g/mol. The zero-order chi connectivity index (χ0) is 15.4. The third kappa shape index (κ3) is 2.04. The highest BCUT2D eigenvalue weighted by Crippen LogP contribution is 2.42. The van der Waals surface area contributed by atoms with Crippen molar-refractivity contribution >= 4 is 16.5 Å². The summed E-state index contributed by atoms with van der Waals surface area (Å²) >= 11 is 0. The molecule has 0 radical (unpaired) electrons. The second-order valence-electron chi connectivity index (χ2n) is 6.86. The van der Waals surface area contributed by atoms with E-state index in [-0.39, 0.29) is 11.0 Å². The summed E-state index contributed by atoms with van der Waals surface area (Å²) in [4.78, 5) is 23.9. The van der Waals surface area contributed by atoms with Crippen molar-refractivity contribution < 1.29 is 4.74 Å². The van der Waals surface area contributed by atoms with E-state index in [1.807, 2.05) is 0 Å². The van der Waals surface area contributed by atoms with Crippen LogP contribution in [-0.2, 0) is 12.8 Å². The lowest BCUT2D eigenvalue weighted by Gasteiger charge is -2.30. The Hall–Kier alpha value is -1.84. The van der Waals surface area contributed by atoms with Gasteiger partial charge in [-0.3, -0.25) is 9.59 Å². The van der Waals surface area contributed by atoms with Gasteiger partial charge in [0.15, 0.2) is 5.75 Å². The third-order valence-electron chi connectivity index (χ3n) is 4.14. The van der Waals surface area contributed by atoms with Crippen LogP contribution in [0.2, 0.25) is 0 Å². The molecule has 0 aliphatic heterocycles. The fourth-order valence-corrected chi connectivity index (χ4v) is 3.33. The van der Waals surface area contributed by atoms with Gasteiger partial charge in [0.25, 0.3) is 0 Å². The summed E-state index contributed by atoms with van der Waals surface area (Å²) in [6, 6.07) is 0. The zero-order valence-corrected chi connectivity index (χ0v) is 13.1. The molecule has 0 spiro atoms. The number of rotatable bonds is 2. The van der Waals surface area contributed by atoms with Gasteiger partial charge in [-0.1, -0.05) is 0 Å². The van der Waals surface area contributed by atoms with Crippen LogP contribution in [0.4, 0.5) is 5.69 Å². The number of aryl methyl sites for hydroxylation is 1. The number of anilines is 1. The summed E-state index contributed by atoms with van der Waals surface area (Å²) in [6.45, 7) is 6.23. The Balaban J connectivity index is 2.37. The van der Waals surface area contributed by atoms with Crippen LogP contribution in [0, 0.1) is 0 Å². The average molecular weight is 287 g/mol. The molecule has 112 valence electrons. The van der Waals surface area contributed by atoms with Crippen LogP contribution in [0.1, 0.15) is 44.7 Å². The summed E-state index contributed by atoms with van der Waals surface area (Å²) in [7, 11) is 1.56. The normalized spacial score (nSPS) is 15.2. The molecule has 4 nitrogen and oxygen atoms in total. The molecule has 2 aromatic carbocycles. The van der Waals surface area contributed by atoms with Crippen molar-refractivity contribution in [3.63, 3.8) is 0 Å². The molecule has 0 saturated carbocycles. The minimum Gasteiger partial charge on any atom is -0.494 e. The number of nitrogens with one attached hydrogen (secondary N) is 1. The molecule has 3 rings (SSSR count). The van der Waals surface area contributed by atoms with Crippen LogP contribution in [0.3, 0.4) is 0 Å². The van der Waals surface area contributed by atoms with Crippen molar-refractivity contribution in [3.8, 4) is 5.75 Å². The van der Waals surface area contributed by atoms with E-state index in [0.717, 1.165) is 42.5 Å². The number of methoxy groups -OCH3 is 1. The summed E-state index contributed by atoms with van der Waals surface area (Å²) in [5, 5.41) is 4.58. The number of benzene rings is 1. The molecular formula is C17H21NO3. The Kier molecular flexibility index (Phi) is 3.08. The summed E-state index contributed by atoms with van der Waals surface area (Å²) in [5.41, 5.74) is 2.24. The summed E-state index contributed by atoms with van der Waals surface area (Å²) < 4.78 is 5.50. The first-order valence-electron chi connectivity index (χ1n) is 7.48. The van der Waals surface area contributed by atoms with Gasteiger partial charge < -0.3 is 10.1 Å². The van der Waals surface area contributed by atoms with Gasteiger partial charge in [0.2, 0.25) is 10.9 Å². The maximum atomic E-state index is 12.0. The van der Waals surface area contributed by atoms with E-state index in [0.29, 0.717) is 16.5 Å². The molecule has 0 heterocycles. The molecule has 0 aromatic heterocycles. The SMILES string of the molecule is COc1c(NC(C)(C)C)c2c(c3c(=O)c(=O)c13)CCCC2. The third-order valence-corrected chi connectivity index (χ3v) is 4.14. The van der Waals surface area contributed by atoms with Gasteiger partial charge in [-0.05, 0) is 57.6 Å². The highest BCUT2D eigenvalue weighted by atomic mass is 16.5. The Morgan fingerprint density at radius 2 is 1.52 bits per heavy atom. The molecule has 2 aromatic rings. The van der Waals surface area contributed by atoms with Crippen molar-refractivity contribution in [2.45, 2.75) is 52.0 Å². The molecular weight excluding hydrogens is 266 g/mol. The predicted octanol–water partition coefficient (Wildman–Crippen LogP) is 2.53. The Morgan fingerprint density at radius 3 is 2.10 bits per heavy atom. The molecule has 1 N–H and O–H groups in total. The molecule has 1 aliphatic rings. The first kappa shape index (κ1) is 14.1. The summed E-state index contributed by atoms with van der Waals surface area (Å²) in [6.07, 6.45) is 3.98. The first-order chi connectivity index (χ1) is 9.85. The quantitative estimate of drug-likeness (QED) is 0.862.